The molecule has 0 N–H and O–H groups in total. The van der Waals surface area contributed by atoms with E-state index in [1.165, 1.54) is 23.9 Å². The van der Waals surface area contributed by atoms with Gasteiger partial charge in [0.1, 0.15) is 0 Å². The van der Waals surface area contributed by atoms with E-state index in [0.29, 0.717) is 5.56 Å². The summed E-state index contributed by atoms with van der Waals surface area (Å²) in [4.78, 5) is 25.0. The summed E-state index contributed by atoms with van der Waals surface area (Å²) in [6.45, 7) is 8.21. The summed E-state index contributed by atoms with van der Waals surface area (Å²) in [5.74, 6) is 0.416. The van der Waals surface area contributed by atoms with Crippen LogP contribution >= 0.6 is 11.8 Å². The molecule has 1 aromatic heterocycles. The lowest BCUT2D eigenvalue weighted by Gasteiger charge is -2.33. The molecule has 146 valence electrons. The molecule has 0 saturated carbocycles. The number of thioether (sulfide) groups is 1. The van der Waals surface area contributed by atoms with Crippen molar-refractivity contribution in [2.45, 2.75) is 57.8 Å². The smallest absolute Gasteiger partial charge is 0.277 e. The Kier molecular flexibility index (Phi) is 7.35. The molecule has 9 heteroatoms. The predicted octanol–water partition coefficient (Wildman–Crippen LogP) is 4.16. The van der Waals surface area contributed by atoms with Gasteiger partial charge in [0, 0.05) is 29.8 Å². The number of nitrogens with zero attached hydrogens (tertiary/aromatic N) is 4. The van der Waals surface area contributed by atoms with Gasteiger partial charge in [0.05, 0.1) is 10.7 Å². The van der Waals surface area contributed by atoms with Crippen molar-refractivity contribution in [3.05, 3.63) is 34.4 Å². The first kappa shape index (κ1) is 20.9. The summed E-state index contributed by atoms with van der Waals surface area (Å²) < 4.78 is 5.56. The van der Waals surface area contributed by atoms with Crippen LogP contribution in [0, 0.1) is 10.1 Å². The lowest BCUT2D eigenvalue weighted by molar-refractivity contribution is -0.384. The van der Waals surface area contributed by atoms with E-state index in [0.717, 1.165) is 12.8 Å². The first-order valence-corrected chi connectivity index (χ1v) is 9.88. The van der Waals surface area contributed by atoms with Gasteiger partial charge in [0.2, 0.25) is 11.8 Å². The number of carbonyl (C=O) groups excluding carboxylic acids is 1. The summed E-state index contributed by atoms with van der Waals surface area (Å²) in [5.41, 5.74) is 0.420. The highest BCUT2D eigenvalue weighted by Crippen LogP contribution is 2.26. The molecule has 1 amide bonds. The molecule has 0 unspecified atom stereocenters. The molecule has 27 heavy (non-hydrogen) atoms. The maximum absolute atomic E-state index is 12.7. The van der Waals surface area contributed by atoms with Crippen molar-refractivity contribution in [3.8, 4) is 11.5 Å². The van der Waals surface area contributed by atoms with Crippen LogP contribution in [0.1, 0.15) is 40.5 Å². The highest BCUT2D eigenvalue weighted by atomic mass is 32.2. The standard InChI is InChI=1S/C18H24N4O4S/c1-5-12(3)21(13(4)6-2)16(23)11-27-18-20-19-17(26-18)14-8-7-9-15(10-14)22(24)25/h7-10,12-13H,5-6,11H2,1-4H3/t12-,13-/m1/s1. The fourth-order valence-electron chi connectivity index (χ4n) is 2.65. The zero-order valence-electron chi connectivity index (χ0n) is 15.9. The van der Waals surface area contributed by atoms with E-state index in [1.54, 1.807) is 12.1 Å². The molecule has 0 spiro atoms. The minimum absolute atomic E-state index is 0.0267. The SMILES string of the molecule is CC[C@@H](C)N(C(=O)CSc1nnc(-c2cccc([N+](=O)[O-])c2)o1)[C@H](C)CC. The van der Waals surface area contributed by atoms with Crippen molar-refractivity contribution in [1.29, 1.82) is 0 Å². The summed E-state index contributed by atoms with van der Waals surface area (Å²) in [7, 11) is 0. The van der Waals surface area contributed by atoms with Crippen LogP contribution in [0.15, 0.2) is 33.9 Å². The van der Waals surface area contributed by atoms with Gasteiger partial charge in [0.25, 0.3) is 10.9 Å². The van der Waals surface area contributed by atoms with Gasteiger partial charge in [0.15, 0.2) is 0 Å². The normalized spacial score (nSPS) is 13.2. The Morgan fingerprint density at radius 1 is 1.26 bits per heavy atom. The van der Waals surface area contributed by atoms with Crippen LogP contribution in [0.3, 0.4) is 0 Å². The number of hydrogen-bond acceptors (Lipinski definition) is 7. The Bertz CT molecular complexity index is 785. The number of non-ortho nitro benzene ring substituents is 1. The van der Waals surface area contributed by atoms with Crippen molar-refractivity contribution in [3.63, 3.8) is 0 Å². The molecule has 0 aliphatic rings. The molecule has 1 heterocycles. The van der Waals surface area contributed by atoms with E-state index in [4.69, 9.17) is 4.42 Å². The van der Waals surface area contributed by atoms with Crippen molar-refractivity contribution < 1.29 is 14.1 Å². The van der Waals surface area contributed by atoms with E-state index < -0.39 is 4.92 Å². The monoisotopic (exact) mass is 392 g/mol. The third-order valence-electron chi connectivity index (χ3n) is 4.45. The van der Waals surface area contributed by atoms with Gasteiger partial charge in [-0.15, -0.1) is 10.2 Å². The lowest BCUT2D eigenvalue weighted by atomic mass is 10.1. The molecule has 2 atom stereocenters. The summed E-state index contributed by atoms with van der Waals surface area (Å²) >= 11 is 1.17. The minimum Gasteiger partial charge on any atom is -0.411 e. The zero-order valence-corrected chi connectivity index (χ0v) is 16.7. The van der Waals surface area contributed by atoms with Crippen LogP contribution < -0.4 is 0 Å². The average molecular weight is 392 g/mol. The van der Waals surface area contributed by atoms with Gasteiger partial charge in [-0.1, -0.05) is 31.7 Å². The van der Waals surface area contributed by atoms with Crippen molar-refractivity contribution in [1.82, 2.24) is 15.1 Å². The first-order chi connectivity index (χ1) is 12.9. The highest BCUT2D eigenvalue weighted by Gasteiger charge is 2.24. The zero-order chi connectivity index (χ0) is 20.0. The molecule has 8 nitrogen and oxygen atoms in total. The second-order valence-corrected chi connectivity index (χ2v) is 7.21. The molecule has 0 saturated heterocycles. The maximum atomic E-state index is 12.7. The largest absolute Gasteiger partial charge is 0.411 e. The molecular weight excluding hydrogens is 368 g/mol. The van der Waals surface area contributed by atoms with Crippen LogP contribution in [-0.2, 0) is 4.79 Å². The number of carbonyl (C=O) groups is 1. The Morgan fingerprint density at radius 2 is 1.93 bits per heavy atom. The number of hydrogen-bond donors (Lipinski definition) is 0. The van der Waals surface area contributed by atoms with Crippen LogP contribution in [0.25, 0.3) is 11.5 Å². The number of benzene rings is 1. The van der Waals surface area contributed by atoms with Crippen LogP contribution in [-0.4, -0.2) is 43.8 Å². The Hall–Kier alpha value is -2.42. The molecule has 1 aromatic carbocycles. The van der Waals surface area contributed by atoms with E-state index in [2.05, 4.69) is 24.0 Å². The molecule has 2 rings (SSSR count). The van der Waals surface area contributed by atoms with Crippen molar-refractivity contribution in [2.24, 2.45) is 0 Å². The average Bonchev–Trinajstić information content (AvgIpc) is 3.15. The molecule has 0 bridgehead atoms. The highest BCUT2D eigenvalue weighted by molar-refractivity contribution is 7.99. The molecule has 0 radical (unpaired) electrons. The van der Waals surface area contributed by atoms with Crippen molar-refractivity contribution in [2.75, 3.05) is 5.75 Å². The molecule has 2 aromatic rings. The van der Waals surface area contributed by atoms with Gasteiger partial charge < -0.3 is 9.32 Å². The number of aromatic nitrogens is 2. The summed E-state index contributed by atoms with van der Waals surface area (Å²) in [5, 5.41) is 19.0. The fraction of sp³-hybridized carbons (Fsp3) is 0.500. The summed E-state index contributed by atoms with van der Waals surface area (Å²) in [6.07, 6.45) is 1.77. The van der Waals surface area contributed by atoms with Gasteiger partial charge in [-0.05, 0) is 32.8 Å². The second kappa shape index (κ2) is 9.50. The molecule has 0 aliphatic heterocycles. The van der Waals surface area contributed by atoms with E-state index in [-0.39, 0.29) is 40.5 Å². The minimum atomic E-state index is -0.480. The van der Waals surface area contributed by atoms with E-state index in [9.17, 15) is 14.9 Å². The number of nitro groups is 1. The summed E-state index contributed by atoms with van der Waals surface area (Å²) in [6, 6.07) is 6.32. The Labute approximate surface area is 162 Å². The molecule has 0 aliphatic carbocycles. The lowest BCUT2D eigenvalue weighted by Crippen LogP contribution is -2.45. The fourth-order valence-corrected chi connectivity index (χ4v) is 3.29. The third kappa shape index (κ3) is 5.29. The first-order valence-electron chi connectivity index (χ1n) is 8.89. The number of nitro benzene ring substituents is 1. The van der Waals surface area contributed by atoms with Crippen LogP contribution in [0.5, 0.6) is 0 Å². The van der Waals surface area contributed by atoms with Crippen LogP contribution in [0.4, 0.5) is 5.69 Å². The van der Waals surface area contributed by atoms with E-state index in [1.807, 2.05) is 18.7 Å². The van der Waals surface area contributed by atoms with Gasteiger partial charge >= 0.3 is 0 Å². The Balaban J connectivity index is 2.06. The number of amides is 1. The molecule has 0 fully saturated rings. The number of rotatable bonds is 9. The topological polar surface area (TPSA) is 102 Å². The molecular formula is C18H24N4O4S. The Morgan fingerprint density at radius 3 is 2.52 bits per heavy atom. The van der Waals surface area contributed by atoms with Gasteiger partial charge in [-0.3, -0.25) is 14.9 Å². The van der Waals surface area contributed by atoms with E-state index >= 15 is 0 Å². The second-order valence-electron chi connectivity index (χ2n) is 6.28. The maximum Gasteiger partial charge on any atom is 0.277 e. The third-order valence-corrected chi connectivity index (χ3v) is 5.25. The quantitative estimate of drug-likeness (QED) is 0.358. The van der Waals surface area contributed by atoms with Gasteiger partial charge in [-0.25, -0.2) is 0 Å². The predicted molar refractivity (Wildman–Crippen MR) is 103 cm³/mol. The van der Waals surface area contributed by atoms with Crippen molar-refractivity contribution >= 4 is 23.4 Å². The van der Waals surface area contributed by atoms with Gasteiger partial charge in [-0.2, -0.15) is 0 Å². The van der Waals surface area contributed by atoms with Crippen LogP contribution in [0.2, 0.25) is 0 Å².